The number of alkyl halides is 1. The second-order valence-electron chi connectivity index (χ2n) is 2.84. The van der Waals surface area contributed by atoms with Gasteiger partial charge in [-0.1, -0.05) is 12.1 Å². The molecule has 14 heavy (non-hydrogen) atoms. The Hall–Kier alpha value is -1.35. The van der Waals surface area contributed by atoms with Crippen molar-refractivity contribution in [1.29, 1.82) is 0 Å². The van der Waals surface area contributed by atoms with Crippen LogP contribution in [0.3, 0.4) is 0 Å². The Morgan fingerprint density at radius 2 is 2.21 bits per heavy atom. The topological polar surface area (TPSA) is 43.1 Å². The Morgan fingerprint density at radius 1 is 1.50 bits per heavy atom. The maximum atomic E-state index is 10.5. The van der Waals surface area contributed by atoms with Gasteiger partial charge in [-0.15, -0.1) is 18.2 Å². The Labute approximate surface area is 87.2 Å². The van der Waals surface area contributed by atoms with Gasteiger partial charge in [-0.2, -0.15) is 0 Å². The van der Waals surface area contributed by atoms with Gasteiger partial charge in [-0.3, -0.25) is 10.1 Å². The molecule has 0 spiro atoms. The average molecular weight is 212 g/mol. The van der Waals surface area contributed by atoms with Crippen molar-refractivity contribution >= 4 is 17.3 Å². The van der Waals surface area contributed by atoms with Crippen LogP contribution in [0.25, 0.3) is 0 Å². The zero-order valence-corrected chi connectivity index (χ0v) is 8.33. The van der Waals surface area contributed by atoms with Crippen molar-refractivity contribution in [3.05, 3.63) is 52.1 Å². The molecule has 0 heterocycles. The molecule has 0 aliphatic heterocycles. The van der Waals surface area contributed by atoms with Crippen LogP contribution >= 0.6 is 11.6 Å². The van der Waals surface area contributed by atoms with Crippen LogP contribution < -0.4 is 0 Å². The highest BCUT2D eigenvalue weighted by Gasteiger charge is 2.08. The van der Waals surface area contributed by atoms with Crippen LogP contribution in [0, 0.1) is 10.1 Å². The monoisotopic (exact) mass is 211 g/mol. The molecule has 0 fully saturated rings. The van der Waals surface area contributed by atoms with Crippen molar-refractivity contribution in [2.24, 2.45) is 0 Å². The fraction of sp³-hybridized carbons (Fsp3) is 0.200. The molecule has 3 nitrogen and oxygen atoms in total. The second kappa shape index (κ2) is 4.77. The highest BCUT2D eigenvalue weighted by molar-refractivity contribution is 6.17. The summed E-state index contributed by atoms with van der Waals surface area (Å²) >= 11 is 5.69. The predicted molar refractivity (Wildman–Crippen MR) is 56.6 cm³/mol. The minimum absolute atomic E-state index is 0.0773. The second-order valence-corrected chi connectivity index (χ2v) is 3.10. The third kappa shape index (κ3) is 2.33. The summed E-state index contributed by atoms with van der Waals surface area (Å²) in [6, 6.07) is 4.71. The van der Waals surface area contributed by atoms with Gasteiger partial charge in [0.1, 0.15) is 0 Å². The lowest BCUT2D eigenvalue weighted by molar-refractivity contribution is -0.384. The summed E-state index contributed by atoms with van der Waals surface area (Å²) in [5.74, 6) is 0.283. The van der Waals surface area contributed by atoms with E-state index in [9.17, 15) is 10.1 Å². The van der Waals surface area contributed by atoms with Gasteiger partial charge in [-0.25, -0.2) is 0 Å². The van der Waals surface area contributed by atoms with E-state index in [1.54, 1.807) is 12.1 Å². The number of hydrogen-bond acceptors (Lipinski definition) is 2. The number of nitro benzene ring substituents is 1. The van der Waals surface area contributed by atoms with Gasteiger partial charge < -0.3 is 0 Å². The summed E-state index contributed by atoms with van der Waals surface area (Å²) in [6.07, 6.45) is 2.43. The largest absolute Gasteiger partial charge is 0.269 e. The van der Waals surface area contributed by atoms with Crippen LogP contribution in [0.2, 0.25) is 0 Å². The smallest absolute Gasteiger partial charge is 0.258 e. The third-order valence-corrected chi connectivity index (χ3v) is 2.20. The molecule has 0 aliphatic rings. The van der Waals surface area contributed by atoms with Crippen molar-refractivity contribution in [3.8, 4) is 0 Å². The van der Waals surface area contributed by atoms with Crippen LogP contribution in [-0.2, 0) is 12.3 Å². The van der Waals surface area contributed by atoms with E-state index < -0.39 is 4.92 Å². The summed E-state index contributed by atoms with van der Waals surface area (Å²) in [5.41, 5.74) is 1.86. The van der Waals surface area contributed by atoms with E-state index in [1.165, 1.54) is 12.1 Å². The first-order valence-corrected chi connectivity index (χ1v) is 4.65. The average Bonchev–Trinajstić information content (AvgIpc) is 2.18. The molecule has 4 heteroatoms. The summed E-state index contributed by atoms with van der Waals surface area (Å²) < 4.78 is 0. The number of allylic oxidation sites excluding steroid dienone is 1. The van der Waals surface area contributed by atoms with E-state index in [4.69, 9.17) is 11.6 Å². The lowest BCUT2D eigenvalue weighted by Crippen LogP contribution is -1.94. The van der Waals surface area contributed by atoms with Crippen LogP contribution in [0.4, 0.5) is 5.69 Å². The number of benzene rings is 1. The quantitative estimate of drug-likeness (QED) is 0.333. The van der Waals surface area contributed by atoms with Gasteiger partial charge in [-0.05, 0) is 17.5 Å². The fourth-order valence-corrected chi connectivity index (χ4v) is 1.45. The summed E-state index contributed by atoms with van der Waals surface area (Å²) in [4.78, 5) is 10.1. The highest BCUT2D eigenvalue weighted by Crippen LogP contribution is 2.20. The first-order chi connectivity index (χ1) is 6.69. The highest BCUT2D eigenvalue weighted by atomic mass is 35.5. The first kappa shape index (κ1) is 10.7. The molecule has 0 N–H and O–H groups in total. The van der Waals surface area contributed by atoms with Gasteiger partial charge in [0, 0.05) is 18.0 Å². The van der Waals surface area contributed by atoms with Gasteiger partial charge in [0.25, 0.3) is 5.69 Å². The van der Waals surface area contributed by atoms with Crippen molar-refractivity contribution in [2.75, 3.05) is 0 Å². The third-order valence-electron chi connectivity index (χ3n) is 1.91. The van der Waals surface area contributed by atoms with Gasteiger partial charge >= 0.3 is 0 Å². The molecule has 0 atom stereocenters. The molecule has 0 amide bonds. The Bertz CT molecular complexity index is 363. The van der Waals surface area contributed by atoms with Crippen molar-refractivity contribution in [3.63, 3.8) is 0 Å². The maximum absolute atomic E-state index is 10.5. The Kier molecular flexibility index (Phi) is 3.65. The van der Waals surface area contributed by atoms with Gasteiger partial charge in [0.05, 0.1) is 4.92 Å². The lowest BCUT2D eigenvalue weighted by Gasteiger charge is -2.03. The predicted octanol–water partition coefficient (Wildman–Crippen LogP) is 3.06. The molecule has 0 aliphatic carbocycles. The van der Waals surface area contributed by atoms with E-state index in [2.05, 4.69) is 6.58 Å². The molecule has 0 unspecified atom stereocenters. The molecule has 1 aromatic carbocycles. The lowest BCUT2D eigenvalue weighted by atomic mass is 10.1. The van der Waals surface area contributed by atoms with E-state index in [0.29, 0.717) is 6.42 Å². The van der Waals surface area contributed by atoms with Crippen LogP contribution in [0.1, 0.15) is 11.1 Å². The standard InChI is InChI=1S/C10H10ClNO2/c1-2-3-8-4-5-10(12(13)14)6-9(8)7-11/h2,4-6H,1,3,7H2. The fourth-order valence-electron chi connectivity index (χ4n) is 1.20. The number of hydrogen-bond donors (Lipinski definition) is 0. The molecule has 74 valence electrons. The van der Waals surface area contributed by atoms with E-state index in [1.807, 2.05) is 0 Å². The Morgan fingerprint density at radius 3 is 2.71 bits per heavy atom. The molecule has 0 radical (unpaired) electrons. The summed E-state index contributed by atoms with van der Waals surface area (Å²) in [7, 11) is 0. The van der Waals surface area contributed by atoms with Crippen molar-refractivity contribution < 1.29 is 4.92 Å². The van der Waals surface area contributed by atoms with Crippen molar-refractivity contribution in [1.82, 2.24) is 0 Å². The van der Waals surface area contributed by atoms with Gasteiger partial charge in [0.15, 0.2) is 0 Å². The van der Waals surface area contributed by atoms with E-state index in [0.717, 1.165) is 11.1 Å². The molecule has 1 aromatic rings. The molecule has 1 rings (SSSR count). The number of non-ortho nitro benzene ring substituents is 1. The number of nitro groups is 1. The van der Waals surface area contributed by atoms with Crippen LogP contribution in [0.5, 0.6) is 0 Å². The maximum Gasteiger partial charge on any atom is 0.269 e. The first-order valence-electron chi connectivity index (χ1n) is 4.12. The zero-order chi connectivity index (χ0) is 10.6. The van der Waals surface area contributed by atoms with Crippen molar-refractivity contribution in [2.45, 2.75) is 12.3 Å². The molecule has 0 aromatic heterocycles. The minimum atomic E-state index is -0.423. The van der Waals surface area contributed by atoms with Gasteiger partial charge in [0.2, 0.25) is 0 Å². The Balaban J connectivity index is 3.10. The number of halogens is 1. The molecular formula is C10H10ClNO2. The van der Waals surface area contributed by atoms with E-state index in [-0.39, 0.29) is 11.6 Å². The molecular weight excluding hydrogens is 202 g/mol. The summed E-state index contributed by atoms with van der Waals surface area (Å²) in [6.45, 7) is 3.61. The van der Waals surface area contributed by atoms with Crippen LogP contribution in [0.15, 0.2) is 30.9 Å². The molecule has 0 saturated carbocycles. The normalized spacial score (nSPS) is 9.79. The van der Waals surface area contributed by atoms with E-state index >= 15 is 0 Å². The zero-order valence-electron chi connectivity index (χ0n) is 7.57. The number of rotatable bonds is 4. The summed E-state index contributed by atoms with van der Waals surface area (Å²) in [5, 5.41) is 10.5. The SMILES string of the molecule is C=CCc1ccc([N+](=O)[O-])cc1CCl. The number of nitrogens with zero attached hydrogens (tertiary/aromatic N) is 1. The van der Waals surface area contributed by atoms with Crippen LogP contribution in [-0.4, -0.2) is 4.92 Å². The minimum Gasteiger partial charge on any atom is -0.258 e. The molecule has 0 saturated heterocycles. The molecule has 0 bridgehead atoms.